The molecule has 276 valence electrons. The first-order valence-electron chi connectivity index (χ1n) is 20.2. The van der Waals surface area contributed by atoms with Gasteiger partial charge in [-0.05, 0) is 109 Å². The normalized spacial score (nSPS) is 12.9. The smallest absolute Gasteiger partial charge is 0.0568 e. The molecule has 0 amide bonds. The molecule has 0 saturated heterocycles. The Morgan fingerprint density at radius 3 is 1.74 bits per heavy atom. The maximum Gasteiger partial charge on any atom is 0.0568 e. The quantitative estimate of drug-likeness (QED) is 0.165. The van der Waals surface area contributed by atoms with Crippen LogP contribution in [0.3, 0.4) is 0 Å². The first-order chi connectivity index (χ1) is 28.5. The number of benzene rings is 9. The number of aromatic nitrogens is 1. The number of anilines is 3. The van der Waals surface area contributed by atoms with Crippen LogP contribution >= 0.6 is 0 Å². The van der Waals surface area contributed by atoms with E-state index in [1.54, 1.807) is 0 Å². The van der Waals surface area contributed by atoms with Crippen LogP contribution < -0.4 is 4.90 Å². The maximum atomic E-state index is 2.42. The molecule has 9 aromatic carbocycles. The van der Waals surface area contributed by atoms with Crippen molar-refractivity contribution in [2.75, 3.05) is 4.90 Å². The average Bonchev–Trinajstić information content (AvgIpc) is 3.71. The molecule has 0 saturated carbocycles. The Labute approximate surface area is 339 Å². The third-order valence-corrected chi connectivity index (χ3v) is 12.6. The summed E-state index contributed by atoms with van der Waals surface area (Å²) in [7, 11) is 2.20. The zero-order valence-corrected chi connectivity index (χ0v) is 32.9. The summed E-state index contributed by atoms with van der Waals surface area (Å²) in [4.78, 5) is 2.42. The van der Waals surface area contributed by atoms with E-state index in [9.17, 15) is 0 Å². The lowest BCUT2D eigenvalue weighted by Crippen LogP contribution is -2.16. The van der Waals surface area contributed by atoms with Gasteiger partial charge in [0.05, 0.1) is 5.69 Å². The highest BCUT2D eigenvalue weighted by molar-refractivity contribution is 6.17. The van der Waals surface area contributed by atoms with Gasteiger partial charge in [-0.3, -0.25) is 0 Å². The van der Waals surface area contributed by atoms with Crippen molar-refractivity contribution in [1.82, 2.24) is 4.57 Å². The van der Waals surface area contributed by atoms with Crippen molar-refractivity contribution in [3.63, 3.8) is 0 Å². The topological polar surface area (TPSA) is 8.17 Å². The van der Waals surface area contributed by atoms with Gasteiger partial charge in [0.15, 0.2) is 0 Å². The molecule has 0 atom stereocenters. The molecule has 1 aromatic heterocycles. The molecule has 1 heterocycles. The van der Waals surface area contributed by atoms with Crippen LogP contribution in [0.2, 0.25) is 0 Å². The number of aryl methyl sites for hydroxylation is 1. The Hall–Kier alpha value is -7.16. The molecule has 2 heteroatoms. The summed E-state index contributed by atoms with van der Waals surface area (Å²) >= 11 is 0. The Morgan fingerprint density at radius 1 is 0.414 bits per heavy atom. The first-order valence-corrected chi connectivity index (χ1v) is 20.2. The fourth-order valence-corrected chi connectivity index (χ4v) is 9.75. The van der Waals surface area contributed by atoms with Gasteiger partial charge in [-0.1, -0.05) is 172 Å². The summed E-state index contributed by atoms with van der Waals surface area (Å²) in [6.45, 7) is 4.72. The molecular weight excluding hydrogens is 701 g/mol. The minimum absolute atomic E-state index is 0.110. The van der Waals surface area contributed by atoms with Gasteiger partial charge in [0.25, 0.3) is 0 Å². The van der Waals surface area contributed by atoms with E-state index in [1.807, 2.05) is 0 Å². The summed E-state index contributed by atoms with van der Waals surface area (Å²) in [6.07, 6.45) is 0. The van der Waals surface area contributed by atoms with Crippen molar-refractivity contribution < 1.29 is 0 Å². The molecule has 58 heavy (non-hydrogen) atoms. The van der Waals surface area contributed by atoms with Crippen LogP contribution in [0.5, 0.6) is 0 Å². The van der Waals surface area contributed by atoms with E-state index in [0.29, 0.717) is 0 Å². The fourth-order valence-electron chi connectivity index (χ4n) is 9.75. The van der Waals surface area contributed by atoms with Crippen LogP contribution in [-0.4, -0.2) is 4.57 Å². The SMILES string of the molecule is Cn1c(-c2ccccc2)c(-c2ccc(N(c3ccc(-c4cccc5ccccc45)cc3)c3ccc4c(c3)C(C)(C)c3ccccc3-4)cc2)c2c3ccccc3ccc21. The van der Waals surface area contributed by atoms with Gasteiger partial charge in [0.2, 0.25) is 0 Å². The van der Waals surface area contributed by atoms with Crippen LogP contribution in [-0.2, 0) is 12.5 Å². The van der Waals surface area contributed by atoms with Gasteiger partial charge in [0.1, 0.15) is 0 Å². The first kappa shape index (κ1) is 34.1. The van der Waals surface area contributed by atoms with E-state index in [4.69, 9.17) is 0 Å². The molecule has 0 spiro atoms. The standard InChI is InChI=1S/C56H42N2/c1-56(2)50-23-12-11-21-48(50)49-34-33-44(36-51(49)56)58(42-29-24-39(25-30-42)46-22-13-18-37-14-7-9-19-45(37)46)43-31-26-40(27-32-43)53-54-47-20-10-8-15-38(47)28-35-52(54)57(3)55(53)41-16-5-4-6-17-41/h4-36H,1-3H3. The minimum atomic E-state index is -0.110. The predicted molar refractivity (Wildman–Crippen MR) is 246 cm³/mol. The third kappa shape index (κ3) is 5.26. The average molecular weight is 743 g/mol. The van der Waals surface area contributed by atoms with E-state index in [0.717, 1.165) is 17.1 Å². The fraction of sp³-hybridized carbons (Fsp3) is 0.0714. The zero-order valence-electron chi connectivity index (χ0n) is 32.9. The molecule has 0 bridgehead atoms. The predicted octanol–water partition coefficient (Wildman–Crippen LogP) is 15.3. The molecule has 2 nitrogen and oxygen atoms in total. The molecule has 1 aliphatic carbocycles. The molecule has 1 aliphatic rings. The monoisotopic (exact) mass is 742 g/mol. The molecule has 0 N–H and O–H groups in total. The van der Waals surface area contributed by atoms with Gasteiger partial charge in [-0.25, -0.2) is 0 Å². The van der Waals surface area contributed by atoms with Crippen LogP contribution in [0, 0.1) is 0 Å². The van der Waals surface area contributed by atoms with Crippen LogP contribution in [0.4, 0.5) is 17.1 Å². The zero-order chi connectivity index (χ0) is 39.0. The second-order valence-corrected chi connectivity index (χ2v) is 16.2. The lowest BCUT2D eigenvalue weighted by Gasteiger charge is -2.28. The Kier molecular flexibility index (Phi) is 7.78. The van der Waals surface area contributed by atoms with Crippen LogP contribution in [0.25, 0.3) is 77.1 Å². The molecule has 0 fully saturated rings. The Balaban J connectivity index is 1.08. The van der Waals surface area contributed by atoms with Crippen LogP contribution in [0.1, 0.15) is 25.0 Å². The number of rotatable bonds is 6. The van der Waals surface area contributed by atoms with Crippen molar-refractivity contribution >= 4 is 49.5 Å². The molecular formula is C56H42N2. The van der Waals surface area contributed by atoms with Crippen molar-refractivity contribution in [3.8, 4) is 44.6 Å². The van der Waals surface area contributed by atoms with E-state index in [2.05, 4.69) is 231 Å². The van der Waals surface area contributed by atoms with Gasteiger partial charge in [-0.15, -0.1) is 0 Å². The lowest BCUT2D eigenvalue weighted by atomic mass is 9.82. The van der Waals surface area contributed by atoms with Crippen LogP contribution in [0.15, 0.2) is 200 Å². The van der Waals surface area contributed by atoms with Crippen molar-refractivity contribution in [2.24, 2.45) is 7.05 Å². The highest BCUT2D eigenvalue weighted by Gasteiger charge is 2.35. The van der Waals surface area contributed by atoms with Crippen molar-refractivity contribution in [3.05, 3.63) is 211 Å². The molecule has 0 unspecified atom stereocenters. The van der Waals surface area contributed by atoms with E-state index < -0.39 is 0 Å². The van der Waals surface area contributed by atoms with Gasteiger partial charge in [0, 0.05) is 46.0 Å². The second kappa shape index (κ2) is 13.2. The number of hydrogen-bond donors (Lipinski definition) is 0. The van der Waals surface area contributed by atoms with Gasteiger partial charge < -0.3 is 9.47 Å². The van der Waals surface area contributed by atoms with Crippen molar-refractivity contribution in [1.29, 1.82) is 0 Å². The lowest BCUT2D eigenvalue weighted by molar-refractivity contribution is 0.660. The summed E-state index contributed by atoms with van der Waals surface area (Å²) < 4.78 is 2.37. The molecule has 0 aliphatic heterocycles. The summed E-state index contributed by atoms with van der Waals surface area (Å²) in [5.74, 6) is 0. The summed E-state index contributed by atoms with van der Waals surface area (Å²) in [5, 5.41) is 6.32. The Bertz CT molecular complexity index is 3180. The Morgan fingerprint density at radius 2 is 0.983 bits per heavy atom. The largest absolute Gasteiger partial charge is 0.343 e. The van der Waals surface area contributed by atoms with E-state index in [-0.39, 0.29) is 5.41 Å². The third-order valence-electron chi connectivity index (χ3n) is 12.6. The highest BCUT2D eigenvalue weighted by Crippen LogP contribution is 2.51. The van der Waals surface area contributed by atoms with Gasteiger partial charge in [-0.2, -0.15) is 0 Å². The second-order valence-electron chi connectivity index (χ2n) is 16.2. The van der Waals surface area contributed by atoms with Gasteiger partial charge >= 0.3 is 0 Å². The molecule has 11 rings (SSSR count). The summed E-state index contributed by atoms with van der Waals surface area (Å²) in [6, 6.07) is 73.7. The number of hydrogen-bond acceptors (Lipinski definition) is 1. The van der Waals surface area contributed by atoms with E-state index in [1.165, 1.54) is 88.2 Å². The maximum absolute atomic E-state index is 2.42. The molecule has 0 radical (unpaired) electrons. The van der Waals surface area contributed by atoms with E-state index >= 15 is 0 Å². The minimum Gasteiger partial charge on any atom is -0.343 e. The number of nitrogens with zero attached hydrogens (tertiary/aromatic N) is 2. The molecule has 10 aromatic rings. The summed E-state index contributed by atoms with van der Waals surface area (Å²) in [5.41, 5.74) is 17.2. The number of fused-ring (bicyclic) bond motifs is 7. The van der Waals surface area contributed by atoms with Crippen molar-refractivity contribution in [2.45, 2.75) is 19.3 Å². The highest BCUT2D eigenvalue weighted by atomic mass is 15.1.